The number of benzene rings is 2. The zero-order chi connectivity index (χ0) is 18.0. The molecule has 2 aromatic carbocycles. The van der Waals surface area contributed by atoms with Gasteiger partial charge < -0.3 is 0 Å². The maximum absolute atomic E-state index is 12.8. The van der Waals surface area contributed by atoms with Crippen LogP contribution in [0.4, 0.5) is 0 Å². The van der Waals surface area contributed by atoms with Crippen LogP contribution in [0.5, 0.6) is 0 Å². The van der Waals surface area contributed by atoms with Gasteiger partial charge in [-0.05, 0) is 49.2 Å². The molecule has 0 atom stereocenters. The monoisotopic (exact) mass is 388 g/mol. The van der Waals surface area contributed by atoms with E-state index in [0.717, 1.165) is 36.9 Å². The Kier molecular flexibility index (Phi) is 4.99. The Labute approximate surface area is 157 Å². The van der Waals surface area contributed by atoms with Crippen molar-refractivity contribution in [1.29, 1.82) is 0 Å². The summed E-state index contributed by atoms with van der Waals surface area (Å²) in [6.45, 7) is 3.35. The van der Waals surface area contributed by atoms with Gasteiger partial charge in [-0.1, -0.05) is 30.3 Å². The first kappa shape index (κ1) is 17.5. The standard InChI is InChI=1S/C18H20N4O2S2/c23-26(24,17-9-5-8-16-18(17)21-25-20-16)19-12-14-6-1-2-7-15(14)13-22-10-3-4-11-22/h1-2,5-9,19H,3-4,10-13H2. The van der Waals surface area contributed by atoms with Crippen LogP contribution < -0.4 is 4.72 Å². The molecule has 136 valence electrons. The van der Waals surface area contributed by atoms with E-state index in [1.165, 1.54) is 18.4 Å². The first-order valence-electron chi connectivity index (χ1n) is 8.63. The van der Waals surface area contributed by atoms with Crippen molar-refractivity contribution in [1.82, 2.24) is 18.4 Å². The molecule has 8 heteroatoms. The van der Waals surface area contributed by atoms with Gasteiger partial charge in [0.05, 0.1) is 11.7 Å². The molecule has 1 N–H and O–H groups in total. The van der Waals surface area contributed by atoms with Gasteiger partial charge in [-0.2, -0.15) is 8.75 Å². The van der Waals surface area contributed by atoms with Crippen LogP contribution in [0.1, 0.15) is 24.0 Å². The molecule has 0 saturated carbocycles. The first-order valence-corrected chi connectivity index (χ1v) is 10.8. The third-order valence-electron chi connectivity index (χ3n) is 4.70. The zero-order valence-corrected chi connectivity index (χ0v) is 15.9. The van der Waals surface area contributed by atoms with Crippen molar-refractivity contribution >= 4 is 32.8 Å². The summed E-state index contributed by atoms with van der Waals surface area (Å²) < 4.78 is 36.6. The topological polar surface area (TPSA) is 75.2 Å². The lowest BCUT2D eigenvalue weighted by molar-refractivity contribution is 0.330. The van der Waals surface area contributed by atoms with Crippen LogP contribution in [0.25, 0.3) is 11.0 Å². The first-order chi connectivity index (χ1) is 12.6. The number of rotatable bonds is 6. The molecule has 0 unspecified atom stereocenters. The minimum absolute atomic E-state index is 0.181. The summed E-state index contributed by atoms with van der Waals surface area (Å²) >= 11 is 1.02. The maximum atomic E-state index is 12.8. The SMILES string of the molecule is O=S(=O)(NCc1ccccc1CN1CCCC1)c1cccc2nsnc12. The van der Waals surface area contributed by atoms with E-state index in [0.29, 0.717) is 11.0 Å². The largest absolute Gasteiger partial charge is 0.299 e. The molecule has 0 aliphatic carbocycles. The molecule has 0 bridgehead atoms. The average molecular weight is 389 g/mol. The highest BCUT2D eigenvalue weighted by atomic mass is 32.2. The fraction of sp³-hybridized carbons (Fsp3) is 0.333. The summed E-state index contributed by atoms with van der Waals surface area (Å²) in [5.41, 5.74) is 3.21. The molecule has 0 radical (unpaired) electrons. The van der Waals surface area contributed by atoms with Crippen molar-refractivity contribution in [2.24, 2.45) is 0 Å². The number of sulfonamides is 1. The molecule has 1 aliphatic heterocycles. The van der Waals surface area contributed by atoms with E-state index in [1.807, 2.05) is 18.2 Å². The van der Waals surface area contributed by atoms with Gasteiger partial charge in [0, 0.05) is 13.1 Å². The minimum Gasteiger partial charge on any atom is -0.299 e. The summed E-state index contributed by atoms with van der Waals surface area (Å²) in [5, 5.41) is 0. The number of nitrogens with one attached hydrogen (secondary N) is 1. The van der Waals surface area contributed by atoms with E-state index in [4.69, 9.17) is 0 Å². The third kappa shape index (κ3) is 3.64. The Bertz CT molecular complexity index is 1010. The Morgan fingerprint density at radius 1 is 1.00 bits per heavy atom. The summed E-state index contributed by atoms with van der Waals surface area (Å²) in [6, 6.07) is 13.0. The molecular formula is C18H20N4O2S2. The van der Waals surface area contributed by atoms with Gasteiger partial charge in [-0.15, -0.1) is 0 Å². The summed E-state index contributed by atoms with van der Waals surface area (Å²) in [7, 11) is -3.66. The Morgan fingerprint density at radius 3 is 2.58 bits per heavy atom. The predicted octanol–water partition coefficient (Wildman–Crippen LogP) is 2.77. The van der Waals surface area contributed by atoms with Crippen LogP contribution in [0, 0.1) is 0 Å². The van der Waals surface area contributed by atoms with E-state index in [9.17, 15) is 8.42 Å². The van der Waals surface area contributed by atoms with Crippen LogP contribution in [-0.4, -0.2) is 35.2 Å². The fourth-order valence-corrected chi connectivity index (χ4v) is 5.09. The number of nitrogens with zero attached hydrogens (tertiary/aromatic N) is 3. The molecule has 1 aliphatic rings. The van der Waals surface area contributed by atoms with Crippen LogP contribution in [0.2, 0.25) is 0 Å². The van der Waals surface area contributed by atoms with Crippen molar-refractivity contribution < 1.29 is 8.42 Å². The highest BCUT2D eigenvalue weighted by Crippen LogP contribution is 2.22. The molecule has 4 rings (SSSR count). The van der Waals surface area contributed by atoms with Gasteiger partial charge in [0.1, 0.15) is 15.9 Å². The van der Waals surface area contributed by atoms with Crippen LogP contribution in [0.3, 0.4) is 0 Å². The molecule has 3 aromatic rings. The molecule has 1 saturated heterocycles. The van der Waals surface area contributed by atoms with Crippen molar-refractivity contribution in [2.45, 2.75) is 30.8 Å². The highest BCUT2D eigenvalue weighted by Gasteiger charge is 2.20. The van der Waals surface area contributed by atoms with Crippen molar-refractivity contribution in [2.75, 3.05) is 13.1 Å². The molecule has 2 heterocycles. The maximum Gasteiger partial charge on any atom is 0.243 e. The second-order valence-electron chi connectivity index (χ2n) is 6.46. The van der Waals surface area contributed by atoms with Crippen molar-refractivity contribution in [3.8, 4) is 0 Å². The van der Waals surface area contributed by atoms with Gasteiger partial charge in [0.2, 0.25) is 10.0 Å². The van der Waals surface area contributed by atoms with Crippen LogP contribution in [0.15, 0.2) is 47.4 Å². The Hall–Kier alpha value is -1.87. The van der Waals surface area contributed by atoms with E-state index >= 15 is 0 Å². The van der Waals surface area contributed by atoms with Crippen molar-refractivity contribution in [3.63, 3.8) is 0 Å². The Morgan fingerprint density at radius 2 is 1.77 bits per heavy atom. The lowest BCUT2D eigenvalue weighted by atomic mass is 10.1. The number of likely N-dealkylation sites (tertiary alicyclic amines) is 1. The van der Waals surface area contributed by atoms with Crippen molar-refractivity contribution in [3.05, 3.63) is 53.6 Å². The van der Waals surface area contributed by atoms with E-state index in [1.54, 1.807) is 18.2 Å². The molecule has 26 heavy (non-hydrogen) atoms. The summed E-state index contributed by atoms with van der Waals surface area (Å²) in [4.78, 5) is 2.59. The van der Waals surface area contributed by atoms with E-state index < -0.39 is 10.0 Å². The molecular weight excluding hydrogens is 368 g/mol. The minimum atomic E-state index is -3.66. The molecule has 1 fully saturated rings. The summed E-state index contributed by atoms with van der Waals surface area (Å²) in [6.07, 6.45) is 2.47. The van der Waals surface area contributed by atoms with E-state index in [-0.39, 0.29) is 11.4 Å². The second kappa shape index (κ2) is 7.40. The molecule has 0 amide bonds. The predicted molar refractivity (Wildman–Crippen MR) is 102 cm³/mol. The highest BCUT2D eigenvalue weighted by molar-refractivity contribution is 7.89. The van der Waals surface area contributed by atoms with Gasteiger partial charge in [0.25, 0.3) is 0 Å². The quantitative estimate of drug-likeness (QED) is 0.703. The zero-order valence-electron chi connectivity index (χ0n) is 14.3. The Balaban J connectivity index is 1.54. The lowest BCUT2D eigenvalue weighted by Gasteiger charge is -2.17. The summed E-state index contributed by atoms with van der Waals surface area (Å²) in [5.74, 6) is 0. The number of fused-ring (bicyclic) bond motifs is 1. The van der Waals surface area contributed by atoms with Gasteiger partial charge >= 0.3 is 0 Å². The smallest absolute Gasteiger partial charge is 0.243 e. The number of hydrogen-bond acceptors (Lipinski definition) is 6. The average Bonchev–Trinajstić information content (AvgIpc) is 3.32. The number of aromatic nitrogens is 2. The van der Waals surface area contributed by atoms with Gasteiger partial charge in [0.15, 0.2) is 0 Å². The molecule has 6 nitrogen and oxygen atoms in total. The molecule has 1 aromatic heterocycles. The fourth-order valence-electron chi connectivity index (χ4n) is 3.31. The third-order valence-corrected chi connectivity index (χ3v) is 6.68. The molecule has 0 spiro atoms. The lowest BCUT2D eigenvalue weighted by Crippen LogP contribution is -2.25. The van der Waals surface area contributed by atoms with E-state index in [2.05, 4.69) is 24.4 Å². The normalized spacial score (nSPS) is 15.7. The van der Waals surface area contributed by atoms with Crippen LogP contribution in [-0.2, 0) is 23.1 Å². The van der Waals surface area contributed by atoms with Crippen LogP contribution >= 0.6 is 11.7 Å². The second-order valence-corrected chi connectivity index (χ2v) is 8.73. The van der Waals surface area contributed by atoms with Gasteiger partial charge in [-0.25, -0.2) is 13.1 Å². The number of hydrogen-bond donors (Lipinski definition) is 1. The van der Waals surface area contributed by atoms with Gasteiger partial charge in [-0.3, -0.25) is 4.90 Å².